The first-order valence-electron chi connectivity index (χ1n) is 4.52. The van der Waals surface area contributed by atoms with E-state index in [9.17, 15) is 0 Å². The third-order valence-corrected chi connectivity index (χ3v) is 1.71. The second-order valence-electron chi connectivity index (χ2n) is 2.58. The second kappa shape index (κ2) is 8.51. The zero-order valence-corrected chi connectivity index (χ0v) is 8.05. The molecule has 0 atom stereocenters. The summed E-state index contributed by atoms with van der Waals surface area (Å²) in [4.78, 5) is 2.11. The van der Waals surface area contributed by atoms with Gasteiger partial charge in [0.25, 0.3) is 0 Å². The Morgan fingerprint density at radius 1 is 1.42 bits per heavy atom. The van der Waals surface area contributed by atoms with Crippen LogP contribution in [0.5, 0.6) is 0 Å². The van der Waals surface area contributed by atoms with Crippen molar-refractivity contribution in [1.29, 1.82) is 5.26 Å². The molecule has 3 nitrogen and oxygen atoms in total. The second-order valence-corrected chi connectivity index (χ2v) is 2.58. The van der Waals surface area contributed by atoms with E-state index in [-0.39, 0.29) is 0 Å². The van der Waals surface area contributed by atoms with Crippen LogP contribution in [0.2, 0.25) is 0 Å². The largest absolute Gasteiger partial charge is 0.382 e. The van der Waals surface area contributed by atoms with Crippen LogP contribution >= 0.6 is 0 Å². The quantitative estimate of drug-likeness (QED) is 0.426. The van der Waals surface area contributed by atoms with E-state index in [1.54, 1.807) is 0 Å². The SMILES string of the molecule is CCOCCCN(CC)CC#N. The summed E-state index contributed by atoms with van der Waals surface area (Å²) in [5.41, 5.74) is 0. The highest BCUT2D eigenvalue weighted by atomic mass is 16.5. The molecule has 0 N–H and O–H groups in total. The lowest BCUT2D eigenvalue weighted by atomic mass is 10.4. The van der Waals surface area contributed by atoms with Gasteiger partial charge in [0.2, 0.25) is 0 Å². The molecule has 0 rings (SSSR count). The molecule has 70 valence electrons. The molecule has 0 saturated heterocycles. The molecule has 3 heteroatoms. The zero-order chi connectivity index (χ0) is 9.23. The lowest BCUT2D eigenvalue weighted by Crippen LogP contribution is -2.25. The minimum Gasteiger partial charge on any atom is -0.382 e. The third kappa shape index (κ3) is 6.14. The molecule has 0 unspecified atom stereocenters. The van der Waals surface area contributed by atoms with Crippen molar-refractivity contribution in [2.45, 2.75) is 20.3 Å². The monoisotopic (exact) mass is 170 g/mol. The van der Waals surface area contributed by atoms with E-state index in [1.165, 1.54) is 0 Å². The van der Waals surface area contributed by atoms with E-state index in [1.807, 2.05) is 6.92 Å². The van der Waals surface area contributed by atoms with Crippen LogP contribution in [0.3, 0.4) is 0 Å². The van der Waals surface area contributed by atoms with Gasteiger partial charge < -0.3 is 4.74 Å². The van der Waals surface area contributed by atoms with E-state index < -0.39 is 0 Å². The van der Waals surface area contributed by atoms with Crippen LogP contribution in [0.25, 0.3) is 0 Å². The highest BCUT2D eigenvalue weighted by molar-refractivity contribution is 4.75. The van der Waals surface area contributed by atoms with Gasteiger partial charge in [0.1, 0.15) is 0 Å². The molecule has 0 aromatic carbocycles. The Hall–Kier alpha value is -0.590. The number of rotatable bonds is 7. The molecule has 0 radical (unpaired) electrons. The first-order chi connectivity index (χ1) is 5.85. The Bertz CT molecular complexity index is 131. The van der Waals surface area contributed by atoms with Crippen LogP contribution in [0.15, 0.2) is 0 Å². The molecule has 0 aromatic heterocycles. The zero-order valence-electron chi connectivity index (χ0n) is 8.05. The molecule has 0 aliphatic heterocycles. The minimum atomic E-state index is 0.530. The lowest BCUT2D eigenvalue weighted by Gasteiger charge is -2.15. The summed E-state index contributed by atoms with van der Waals surface area (Å²) < 4.78 is 5.20. The fourth-order valence-corrected chi connectivity index (χ4v) is 0.984. The van der Waals surface area contributed by atoms with Gasteiger partial charge in [-0.2, -0.15) is 5.26 Å². The van der Waals surface area contributed by atoms with Gasteiger partial charge in [-0.15, -0.1) is 0 Å². The highest BCUT2D eigenvalue weighted by Crippen LogP contribution is 1.90. The Morgan fingerprint density at radius 3 is 2.67 bits per heavy atom. The maximum Gasteiger partial charge on any atom is 0.0865 e. The van der Waals surface area contributed by atoms with E-state index in [2.05, 4.69) is 17.9 Å². The molecular formula is C9H18N2O. The molecule has 0 aliphatic rings. The topological polar surface area (TPSA) is 36.3 Å². The van der Waals surface area contributed by atoms with Crippen molar-refractivity contribution in [1.82, 2.24) is 4.90 Å². The van der Waals surface area contributed by atoms with Gasteiger partial charge in [0, 0.05) is 19.8 Å². The van der Waals surface area contributed by atoms with Crippen LogP contribution in [0, 0.1) is 11.3 Å². The predicted molar refractivity (Wildman–Crippen MR) is 48.8 cm³/mol. The normalized spacial score (nSPS) is 10.2. The van der Waals surface area contributed by atoms with Crippen molar-refractivity contribution >= 4 is 0 Å². The molecular weight excluding hydrogens is 152 g/mol. The Balaban J connectivity index is 3.26. The van der Waals surface area contributed by atoms with E-state index in [0.29, 0.717) is 6.54 Å². The molecule has 0 aliphatic carbocycles. The maximum atomic E-state index is 8.45. The summed E-state index contributed by atoms with van der Waals surface area (Å²) in [6.07, 6.45) is 1.02. The van der Waals surface area contributed by atoms with Crippen molar-refractivity contribution in [2.75, 3.05) is 32.8 Å². The summed E-state index contributed by atoms with van der Waals surface area (Å²) in [7, 11) is 0. The summed E-state index contributed by atoms with van der Waals surface area (Å²) in [6, 6.07) is 2.14. The van der Waals surface area contributed by atoms with E-state index >= 15 is 0 Å². The molecule has 0 fully saturated rings. The van der Waals surface area contributed by atoms with Gasteiger partial charge >= 0.3 is 0 Å². The summed E-state index contributed by atoms with van der Waals surface area (Å²) in [6.45, 7) is 8.08. The summed E-state index contributed by atoms with van der Waals surface area (Å²) in [5.74, 6) is 0. The van der Waals surface area contributed by atoms with Crippen LogP contribution in [-0.2, 0) is 4.74 Å². The Kier molecular flexibility index (Phi) is 8.09. The average Bonchev–Trinajstić information content (AvgIpc) is 2.10. The van der Waals surface area contributed by atoms with Crippen LogP contribution in [-0.4, -0.2) is 37.7 Å². The lowest BCUT2D eigenvalue weighted by molar-refractivity contribution is 0.134. The van der Waals surface area contributed by atoms with Crippen molar-refractivity contribution in [3.05, 3.63) is 0 Å². The third-order valence-electron chi connectivity index (χ3n) is 1.71. The van der Waals surface area contributed by atoms with Crippen molar-refractivity contribution in [3.63, 3.8) is 0 Å². The standard InChI is InChI=1S/C9H18N2O/c1-3-11(8-6-10)7-5-9-12-4-2/h3-5,7-9H2,1-2H3. The number of nitrogens with zero attached hydrogens (tertiary/aromatic N) is 2. The van der Waals surface area contributed by atoms with Crippen molar-refractivity contribution in [2.24, 2.45) is 0 Å². The van der Waals surface area contributed by atoms with E-state index in [4.69, 9.17) is 10.00 Å². The first kappa shape index (κ1) is 11.4. The molecule has 0 heterocycles. The van der Waals surface area contributed by atoms with Gasteiger partial charge in [-0.3, -0.25) is 4.90 Å². The van der Waals surface area contributed by atoms with Crippen molar-refractivity contribution < 1.29 is 4.74 Å². The number of hydrogen-bond donors (Lipinski definition) is 0. The number of hydrogen-bond acceptors (Lipinski definition) is 3. The van der Waals surface area contributed by atoms with Gasteiger partial charge in [0.15, 0.2) is 0 Å². The highest BCUT2D eigenvalue weighted by Gasteiger charge is 1.99. The van der Waals surface area contributed by atoms with Crippen LogP contribution in [0.1, 0.15) is 20.3 Å². The smallest absolute Gasteiger partial charge is 0.0865 e. The summed E-state index contributed by atoms with van der Waals surface area (Å²) >= 11 is 0. The van der Waals surface area contributed by atoms with Crippen LogP contribution < -0.4 is 0 Å². The molecule has 0 amide bonds. The fourth-order valence-electron chi connectivity index (χ4n) is 0.984. The van der Waals surface area contributed by atoms with Gasteiger partial charge in [-0.1, -0.05) is 6.92 Å². The van der Waals surface area contributed by atoms with Gasteiger partial charge in [-0.05, 0) is 19.9 Å². The fraction of sp³-hybridized carbons (Fsp3) is 0.889. The molecule has 0 saturated carbocycles. The molecule has 0 spiro atoms. The minimum absolute atomic E-state index is 0.530. The molecule has 0 bridgehead atoms. The van der Waals surface area contributed by atoms with E-state index in [0.717, 1.165) is 32.7 Å². The van der Waals surface area contributed by atoms with Crippen LogP contribution in [0.4, 0.5) is 0 Å². The maximum absolute atomic E-state index is 8.45. The predicted octanol–water partition coefficient (Wildman–Crippen LogP) is 1.26. The Morgan fingerprint density at radius 2 is 2.17 bits per heavy atom. The average molecular weight is 170 g/mol. The summed E-state index contributed by atoms with van der Waals surface area (Å²) in [5, 5.41) is 8.45. The van der Waals surface area contributed by atoms with Crippen molar-refractivity contribution in [3.8, 4) is 6.07 Å². The first-order valence-corrected chi connectivity index (χ1v) is 4.52. The van der Waals surface area contributed by atoms with Gasteiger partial charge in [-0.25, -0.2) is 0 Å². The van der Waals surface area contributed by atoms with Gasteiger partial charge in [0.05, 0.1) is 12.6 Å². The molecule has 0 aromatic rings. The Labute approximate surface area is 74.9 Å². The number of nitriles is 1. The number of ether oxygens (including phenoxy) is 1. The molecule has 12 heavy (non-hydrogen) atoms.